The monoisotopic (exact) mass is 293 g/mol. The van der Waals surface area contributed by atoms with Crippen molar-refractivity contribution >= 4 is 5.97 Å². The second kappa shape index (κ2) is 5.85. The highest BCUT2D eigenvalue weighted by Crippen LogP contribution is 2.34. The summed E-state index contributed by atoms with van der Waals surface area (Å²) in [6.45, 7) is 1.57. The molecule has 4 nitrogen and oxygen atoms in total. The van der Waals surface area contributed by atoms with E-state index < -0.39 is 11.9 Å². The molecule has 0 amide bonds. The predicted octanol–water partition coefficient (Wildman–Crippen LogP) is 4.20. The Morgan fingerprint density at radius 1 is 1.00 bits per heavy atom. The van der Waals surface area contributed by atoms with Crippen molar-refractivity contribution < 1.29 is 14.3 Å². The number of hydrogen-bond donors (Lipinski definition) is 1. The van der Waals surface area contributed by atoms with Gasteiger partial charge in [0.2, 0.25) is 5.89 Å². The molecule has 22 heavy (non-hydrogen) atoms. The first-order valence-electron chi connectivity index (χ1n) is 7.01. The molecule has 0 saturated heterocycles. The van der Waals surface area contributed by atoms with Gasteiger partial charge in [0.05, 0.1) is 0 Å². The second-order valence-corrected chi connectivity index (χ2v) is 5.02. The van der Waals surface area contributed by atoms with Crippen molar-refractivity contribution in [2.45, 2.75) is 12.8 Å². The summed E-state index contributed by atoms with van der Waals surface area (Å²) in [5.41, 5.74) is 2.43. The number of aromatic nitrogens is 1. The van der Waals surface area contributed by atoms with E-state index in [1.807, 2.05) is 60.7 Å². The van der Waals surface area contributed by atoms with Gasteiger partial charge < -0.3 is 9.52 Å². The van der Waals surface area contributed by atoms with Crippen molar-refractivity contribution in [1.82, 2.24) is 4.98 Å². The molecule has 0 bridgehead atoms. The molecule has 1 heterocycles. The van der Waals surface area contributed by atoms with Crippen LogP contribution < -0.4 is 0 Å². The first-order valence-corrected chi connectivity index (χ1v) is 7.01. The highest BCUT2D eigenvalue weighted by Gasteiger charge is 2.24. The Bertz CT molecular complexity index is 722. The SMILES string of the molecule is CC(C(=O)O)c1nc(-c2ccccc2)c(-c2ccccc2)o1. The summed E-state index contributed by atoms with van der Waals surface area (Å²) in [6, 6.07) is 19.2. The lowest BCUT2D eigenvalue weighted by Gasteiger charge is -2.01. The van der Waals surface area contributed by atoms with E-state index in [-0.39, 0.29) is 5.89 Å². The average molecular weight is 293 g/mol. The Labute approximate surface area is 128 Å². The third-order valence-corrected chi connectivity index (χ3v) is 3.47. The van der Waals surface area contributed by atoms with Crippen LogP contribution in [0, 0.1) is 0 Å². The normalized spacial score (nSPS) is 12.0. The molecule has 0 spiro atoms. The summed E-state index contributed by atoms with van der Waals surface area (Å²) < 4.78 is 5.79. The number of carboxylic acid groups (broad SMARTS) is 1. The second-order valence-electron chi connectivity index (χ2n) is 5.02. The summed E-state index contributed by atoms with van der Waals surface area (Å²) in [7, 11) is 0. The van der Waals surface area contributed by atoms with E-state index in [4.69, 9.17) is 4.42 Å². The number of carbonyl (C=O) groups is 1. The summed E-state index contributed by atoms with van der Waals surface area (Å²) in [6.07, 6.45) is 0. The molecule has 0 aliphatic carbocycles. The first kappa shape index (κ1) is 14.1. The highest BCUT2D eigenvalue weighted by molar-refractivity contribution is 5.79. The largest absolute Gasteiger partial charge is 0.481 e. The molecule has 3 aromatic rings. The van der Waals surface area contributed by atoms with Gasteiger partial charge in [-0.15, -0.1) is 0 Å². The van der Waals surface area contributed by atoms with E-state index in [1.165, 1.54) is 0 Å². The van der Waals surface area contributed by atoms with Crippen LogP contribution in [0.2, 0.25) is 0 Å². The Hall–Kier alpha value is -2.88. The number of rotatable bonds is 4. The zero-order valence-electron chi connectivity index (χ0n) is 12.1. The summed E-state index contributed by atoms with van der Waals surface area (Å²) in [4.78, 5) is 15.6. The van der Waals surface area contributed by atoms with Crippen molar-refractivity contribution in [3.8, 4) is 22.6 Å². The van der Waals surface area contributed by atoms with Crippen LogP contribution in [0.1, 0.15) is 18.7 Å². The first-order chi connectivity index (χ1) is 10.7. The number of hydrogen-bond acceptors (Lipinski definition) is 3. The van der Waals surface area contributed by atoms with E-state index in [0.717, 1.165) is 11.1 Å². The molecule has 1 aromatic heterocycles. The van der Waals surface area contributed by atoms with Crippen molar-refractivity contribution in [3.05, 3.63) is 66.6 Å². The van der Waals surface area contributed by atoms with E-state index in [0.29, 0.717) is 11.5 Å². The smallest absolute Gasteiger partial charge is 0.315 e. The predicted molar refractivity (Wildman–Crippen MR) is 83.4 cm³/mol. The Morgan fingerprint density at radius 3 is 2.09 bits per heavy atom. The van der Waals surface area contributed by atoms with Crippen LogP contribution in [0.15, 0.2) is 65.1 Å². The number of nitrogens with zero attached hydrogens (tertiary/aromatic N) is 1. The quantitative estimate of drug-likeness (QED) is 0.783. The van der Waals surface area contributed by atoms with E-state index >= 15 is 0 Å². The summed E-state index contributed by atoms with van der Waals surface area (Å²) >= 11 is 0. The van der Waals surface area contributed by atoms with Gasteiger partial charge in [-0.05, 0) is 6.92 Å². The van der Waals surface area contributed by atoms with Gasteiger partial charge in [0.1, 0.15) is 11.6 Å². The number of aliphatic carboxylic acids is 1. The van der Waals surface area contributed by atoms with Gasteiger partial charge in [-0.1, -0.05) is 60.7 Å². The standard InChI is InChI=1S/C18H15NO3/c1-12(18(20)21)17-19-15(13-8-4-2-5-9-13)16(22-17)14-10-6-3-7-11-14/h2-12H,1H3,(H,20,21). The Kier molecular flexibility index (Phi) is 3.74. The molecule has 3 rings (SSSR count). The molecule has 2 aromatic carbocycles. The molecule has 0 aliphatic rings. The molecule has 4 heteroatoms. The minimum absolute atomic E-state index is 0.213. The van der Waals surface area contributed by atoms with Crippen LogP contribution in [0.4, 0.5) is 0 Å². The molecule has 1 N–H and O–H groups in total. The fraction of sp³-hybridized carbons (Fsp3) is 0.111. The van der Waals surface area contributed by atoms with Gasteiger partial charge in [-0.25, -0.2) is 4.98 Å². The lowest BCUT2D eigenvalue weighted by Crippen LogP contribution is -2.07. The Morgan fingerprint density at radius 2 is 1.55 bits per heavy atom. The zero-order chi connectivity index (χ0) is 15.5. The lowest BCUT2D eigenvalue weighted by molar-refractivity contribution is -0.138. The molecule has 0 saturated carbocycles. The molecule has 0 radical (unpaired) electrons. The minimum Gasteiger partial charge on any atom is -0.481 e. The van der Waals surface area contributed by atoms with Crippen molar-refractivity contribution in [2.24, 2.45) is 0 Å². The maximum absolute atomic E-state index is 11.2. The van der Waals surface area contributed by atoms with Gasteiger partial charge in [-0.2, -0.15) is 0 Å². The average Bonchev–Trinajstić information content (AvgIpc) is 3.01. The van der Waals surface area contributed by atoms with Crippen LogP contribution in [-0.2, 0) is 4.79 Å². The number of carboxylic acids is 1. The van der Waals surface area contributed by atoms with Crippen LogP contribution >= 0.6 is 0 Å². The summed E-state index contributed by atoms with van der Waals surface area (Å²) in [5, 5.41) is 9.18. The Balaban J connectivity index is 2.17. The van der Waals surface area contributed by atoms with E-state index in [9.17, 15) is 9.90 Å². The van der Waals surface area contributed by atoms with Gasteiger partial charge in [-0.3, -0.25) is 4.79 Å². The van der Waals surface area contributed by atoms with Gasteiger partial charge in [0.15, 0.2) is 5.76 Å². The molecule has 1 unspecified atom stereocenters. The molecule has 1 atom stereocenters. The summed E-state index contributed by atoms with van der Waals surface area (Å²) in [5.74, 6) is -0.944. The van der Waals surface area contributed by atoms with Gasteiger partial charge in [0, 0.05) is 11.1 Å². The molecule has 0 aliphatic heterocycles. The number of benzene rings is 2. The third kappa shape index (κ3) is 2.63. The topological polar surface area (TPSA) is 63.3 Å². The van der Waals surface area contributed by atoms with E-state index in [1.54, 1.807) is 6.92 Å². The van der Waals surface area contributed by atoms with Crippen molar-refractivity contribution in [1.29, 1.82) is 0 Å². The van der Waals surface area contributed by atoms with E-state index in [2.05, 4.69) is 4.98 Å². The highest BCUT2D eigenvalue weighted by atomic mass is 16.4. The molecule has 0 fully saturated rings. The van der Waals surface area contributed by atoms with Crippen LogP contribution in [0.25, 0.3) is 22.6 Å². The van der Waals surface area contributed by atoms with Crippen LogP contribution in [0.5, 0.6) is 0 Å². The molecule has 110 valence electrons. The van der Waals surface area contributed by atoms with Crippen LogP contribution in [0.3, 0.4) is 0 Å². The number of oxazole rings is 1. The van der Waals surface area contributed by atoms with Crippen molar-refractivity contribution in [3.63, 3.8) is 0 Å². The fourth-order valence-electron chi connectivity index (χ4n) is 2.20. The third-order valence-electron chi connectivity index (χ3n) is 3.47. The van der Waals surface area contributed by atoms with Crippen molar-refractivity contribution in [2.75, 3.05) is 0 Å². The zero-order valence-corrected chi connectivity index (χ0v) is 12.1. The van der Waals surface area contributed by atoms with Gasteiger partial charge in [0.25, 0.3) is 0 Å². The van der Waals surface area contributed by atoms with Gasteiger partial charge >= 0.3 is 5.97 Å². The minimum atomic E-state index is -0.958. The molecular formula is C18H15NO3. The van der Waals surface area contributed by atoms with Crippen LogP contribution in [-0.4, -0.2) is 16.1 Å². The molecular weight excluding hydrogens is 278 g/mol. The lowest BCUT2D eigenvalue weighted by atomic mass is 10.1. The maximum atomic E-state index is 11.2. The maximum Gasteiger partial charge on any atom is 0.315 e. The fourth-order valence-corrected chi connectivity index (χ4v) is 2.20.